The van der Waals surface area contributed by atoms with Gasteiger partial charge in [-0.25, -0.2) is 14.5 Å². The van der Waals surface area contributed by atoms with E-state index < -0.39 is 0 Å². The van der Waals surface area contributed by atoms with Crippen LogP contribution in [0.25, 0.3) is 5.65 Å². The monoisotopic (exact) mass is 376 g/mol. The second-order valence-electron chi connectivity index (χ2n) is 7.46. The number of nitrogens with zero attached hydrogens (tertiary/aromatic N) is 5. The van der Waals surface area contributed by atoms with Crippen LogP contribution in [0.3, 0.4) is 0 Å². The molecule has 2 aromatic heterocycles. The Morgan fingerprint density at radius 1 is 1.21 bits per heavy atom. The van der Waals surface area contributed by atoms with Crippen molar-refractivity contribution in [3.05, 3.63) is 66.5 Å². The number of amides is 1. The number of hydrogen-bond donors (Lipinski definition) is 1. The summed E-state index contributed by atoms with van der Waals surface area (Å²) in [6.07, 6.45) is 4.74. The Morgan fingerprint density at radius 3 is 2.57 bits per heavy atom. The van der Waals surface area contributed by atoms with Crippen molar-refractivity contribution in [3.8, 4) is 0 Å². The molecule has 0 fully saturated rings. The minimum atomic E-state index is -0.209. The van der Waals surface area contributed by atoms with Crippen LogP contribution in [0.15, 0.2) is 60.4 Å². The highest BCUT2D eigenvalue weighted by molar-refractivity contribution is 6.03. The normalized spacial score (nSPS) is 11.7. The average molecular weight is 376 g/mol. The molecule has 144 valence electrons. The molecule has 0 atom stereocenters. The Hall–Kier alpha value is -3.48. The Balaban J connectivity index is 1.77. The van der Waals surface area contributed by atoms with Crippen LogP contribution in [0, 0.1) is 0 Å². The third-order valence-corrected chi connectivity index (χ3v) is 4.27. The Labute approximate surface area is 164 Å². The minimum Gasteiger partial charge on any atom is -0.319 e. The van der Waals surface area contributed by atoms with Crippen LogP contribution < -0.4 is 10.2 Å². The van der Waals surface area contributed by atoms with Crippen LogP contribution in [0.5, 0.6) is 0 Å². The molecule has 0 saturated carbocycles. The summed E-state index contributed by atoms with van der Waals surface area (Å²) in [5, 5.41) is 7.30. The zero-order valence-corrected chi connectivity index (χ0v) is 16.5. The topological polar surface area (TPSA) is 74.9 Å². The molecule has 0 aliphatic carbocycles. The van der Waals surface area contributed by atoms with Gasteiger partial charge in [0, 0.05) is 18.8 Å². The smallest absolute Gasteiger partial charge is 0.256 e. The number of imidazole rings is 1. The lowest BCUT2D eigenvalue weighted by Gasteiger charge is -2.18. The Bertz CT molecular complexity index is 1030. The lowest BCUT2D eigenvalue weighted by Crippen LogP contribution is -2.16. The van der Waals surface area contributed by atoms with Crippen LogP contribution in [-0.2, 0) is 5.41 Å². The summed E-state index contributed by atoms with van der Waals surface area (Å²) < 4.78 is 1.62. The highest BCUT2D eigenvalue weighted by Gasteiger charge is 2.15. The number of aliphatic imine (C=N–C) groups is 1. The quantitative estimate of drug-likeness (QED) is 0.541. The lowest BCUT2D eigenvalue weighted by molar-refractivity contribution is 0.102. The maximum absolute atomic E-state index is 12.5. The average Bonchev–Trinajstić information content (AvgIpc) is 3.06. The second-order valence-corrected chi connectivity index (χ2v) is 7.46. The standard InChI is InChI=1S/C21H24N6O/c1-6-22-14-26(5)19-12-11-18-23-17(13-27(18)25-19)24-20(28)15-7-9-16(10-8-15)21(2,3)4/h6-14H,1H2,2-5H3,(H,24,28)/b22-14-. The molecule has 3 aromatic rings. The van der Waals surface area contributed by atoms with Gasteiger partial charge in [0.25, 0.3) is 5.91 Å². The van der Waals surface area contributed by atoms with Gasteiger partial charge in [-0.1, -0.05) is 39.5 Å². The summed E-state index contributed by atoms with van der Waals surface area (Å²) in [4.78, 5) is 22.7. The molecule has 2 heterocycles. The van der Waals surface area contributed by atoms with Gasteiger partial charge in [0.1, 0.15) is 0 Å². The molecule has 0 bridgehead atoms. The van der Waals surface area contributed by atoms with Crippen LogP contribution in [-0.4, -0.2) is 33.9 Å². The fourth-order valence-electron chi connectivity index (χ4n) is 2.64. The van der Waals surface area contributed by atoms with E-state index in [0.717, 1.165) is 0 Å². The molecule has 0 radical (unpaired) electrons. The molecule has 28 heavy (non-hydrogen) atoms. The van der Waals surface area contributed by atoms with Gasteiger partial charge in [-0.15, -0.1) is 5.10 Å². The molecule has 0 unspecified atom stereocenters. The first kappa shape index (κ1) is 19.3. The van der Waals surface area contributed by atoms with Gasteiger partial charge in [-0.3, -0.25) is 4.79 Å². The van der Waals surface area contributed by atoms with Gasteiger partial charge < -0.3 is 10.2 Å². The first-order chi connectivity index (χ1) is 13.3. The SMILES string of the molecule is C=C/N=C\N(C)c1ccc2nc(NC(=O)c3ccc(C(C)(C)C)cc3)cn2n1. The summed E-state index contributed by atoms with van der Waals surface area (Å²) >= 11 is 0. The molecule has 7 nitrogen and oxygen atoms in total. The van der Waals surface area contributed by atoms with Crippen molar-refractivity contribution in [1.82, 2.24) is 14.6 Å². The van der Waals surface area contributed by atoms with Crippen molar-refractivity contribution in [2.24, 2.45) is 4.99 Å². The van der Waals surface area contributed by atoms with Gasteiger partial charge in [-0.05, 0) is 35.2 Å². The van der Waals surface area contributed by atoms with E-state index in [2.05, 4.69) is 47.7 Å². The molecular formula is C21H24N6O. The summed E-state index contributed by atoms with van der Waals surface area (Å²) in [7, 11) is 1.84. The third-order valence-electron chi connectivity index (χ3n) is 4.27. The molecule has 3 rings (SSSR count). The molecule has 1 aromatic carbocycles. The van der Waals surface area contributed by atoms with Gasteiger partial charge in [0.15, 0.2) is 17.3 Å². The van der Waals surface area contributed by atoms with Crippen molar-refractivity contribution < 1.29 is 4.79 Å². The van der Waals surface area contributed by atoms with Crippen molar-refractivity contribution in [3.63, 3.8) is 0 Å². The van der Waals surface area contributed by atoms with E-state index in [1.165, 1.54) is 11.8 Å². The zero-order valence-electron chi connectivity index (χ0n) is 16.5. The first-order valence-electron chi connectivity index (χ1n) is 8.93. The number of nitrogens with one attached hydrogen (secondary N) is 1. The number of carbonyl (C=O) groups excluding carboxylic acids is 1. The lowest BCUT2D eigenvalue weighted by atomic mass is 9.87. The van der Waals surface area contributed by atoms with Crippen molar-refractivity contribution in [2.45, 2.75) is 26.2 Å². The molecule has 1 N–H and O–H groups in total. The van der Waals surface area contributed by atoms with E-state index in [1.54, 1.807) is 22.0 Å². The van der Waals surface area contributed by atoms with Crippen LogP contribution >= 0.6 is 0 Å². The van der Waals surface area contributed by atoms with Crippen molar-refractivity contribution in [2.75, 3.05) is 17.3 Å². The van der Waals surface area contributed by atoms with E-state index in [9.17, 15) is 4.79 Å². The number of carbonyl (C=O) groups is 1. The maximum atomic E-state index is 12.5. The van der Waals surface area contributed by atoms with Crippen LogP contribution in [0.1, 0.15) is 36.7 Å². The number of rotatable bonds is 5. The molecule has 0 aliphatic rings. The predicted molar refractivity (Wildman–Crippen MR) is 113 cm³/mol. The van der Waals surface area contributed by atoms with Crippen molar-refractivity contribution in [1.29, 1.82) is 0 Å². The van der Waals surface area contributed by atoms with Crippen LogP contribution in [0.2, 0.25) is 0 Å². The van der Waals surface area contributed by atoms with Gasteiger partial charge >= 0.3 is 0 Å². The number of benzene rings is 1. The first-order valence-corrected chi connectivity index (χ1v) is 8.93. The number of anilines is 2. The summed E-state index contributed by atoms with van der Waals surface area (Å²) in [6.45, 7) is 9.97. The summed E-state index contributed by atoms with van der Waals surface area (Å²) in [5.41, 5.74) is 2.44. The molecule has 7 heteroatoms. The van der Waals surface area contributed by atoms with Crippen molar-refractivity contribution >= 4 is 29.5 Å². The number of fused-ring (bicyclic) bond motifs is 1. The number of aromatic nitrogens is 3. The Kier molecular flexibility index (Phi) is 5.26. The molecule has 0 saturated heterocycles. The highest BCUT2D eigenvalue weighted by atomic mass is 16.1. The second kappa shape index (κ2) is 7.64. The highest BCUT2D eigenvalue weighted by Crippen LogP contribution is 2.22. The fourth-order valence-corrected chi connectivity index (χ4v) is 2.64. The predicted octanol–water partition coefficient (Wildman–Crippen LogP) is 3.89. The Morgan fingerprint density at radius 2 is 1.93 bits per heavy atom. The van der Waals surface area contributed by atoms with Gasteiger partial charge in [0.05, 0.1) is 12.5 Å². The maximum Gasteiger partial charge on any atom is 0.256 e. The van der Waals surface area contributed by atoms with Gasteiger partial charge in [-0.2, -0.15) is 0 Å². The van der Waals surface area contributed by atoms with E-state index in [-0.39, 0.29) is 11.3 Å². The molecular weight excluding hydrogens is 352 g/mol. The van der Waals surface area contributed by atoms with Gasteiger partial charge in [0.2, 0.25) is 0 Å². The fraction of sp³-hybridized carbons (Fsp3) is 0.238. The molecule has 0 spiro atoms. The van der Waals surface area contributed by atoms with E-state index in [4.69, 9.17) is 0 Å². The summed E-state index contributed by atoms with van der Waals surface area (Å²) in [5.74, 6) is 0.919. The van der Waals surface area contributed by atoms with E-state index in [0.29, 0.717) is 22.8 Å². The molecule has 0 aliphatic heterocycles. The summed E-state index contributed by atoms with van der Waals surface area (Å²) in [6, 6.07) is 11.3. The van der Waals surface area contributed by atoms with E-state index >= 15 is 0 Å². The van der Waals surface area contributed by atoms with E-state index in [1.807, 2.05) is 43.4 Å². The molecule has 1 amide bonds. The third kappa shape index (κ3) is 4.25. The van der Waals surface area contributed by atoms with Crippen LogP contribution in [0.4, 0.5) is 11.6 Å². The zero-order chi connectivity index (χ0) is 20.3. The number of hydrogen-bond acceptors (Lipinski definition) is 4. The minimum absolute atomic E-state index is 0.0452. The largest absolute Gasteiger partial charge is 0.319 e.